The second-order valence-electron chi connectivity index (χ2n) is 13.0. The molecular formula is C31H47ClN4O2. The van der Waals surface area contributed by atoms with Crippen LogP contribution in [-0.4, -0.2) is 87.9 Å². The van der Waals surface area contributed by atoms with Crippen LogP contribution in [0.5, 0.6) is 0 Å². The zero-order valence-electron chi connectivity index (χ0n) is 23.6. The van der Waals surface area contributed by atoms with Crippen LogP contribution in [0.15, 0.2) is 30.3 Å². The molecule has 1 spiro atoms. The minimum Gasteiger partial charge on any atom is -0.341 e. The zero-order valence-corrected chi connectivity index (χ0v) is 24.4. The third kappa shape index (κ3) is 4.74. The Balaban J connectivity index is 0.00000294. The van der Waals surface area contributed by atoms with Crippen molar-refractivity contribution in [1.82, 2.24) is 19.6 Å². The summed E-state index contributed by atoms with van der Waals surface area (Å²) in [7, 11) is 0. The molecule has 0 radical (unpaired) electrons. The lowest BCUT2D eigenvalue weighted by atomic mass is 9.80. The highest BCUT2D eigenvalue weighted by molar-refractivity contribution is 5.85. The summed E-state index contributed by atoms with van der Waals surface area (Å²) in [5, 5.41) is 0. The standard InChI is InChI=1S/C31H46N4O2.ClH/c1-4-32-21-31(35(22(2)3)30(32)37)16-26-14-15-27(17-31)34(26)19-25-18-33(29(36)24-12-8-9-13-24)20-28(25)23-10-6-5-7-11-23;/h5-7,10-11,22,24-28H,4,8-9,12-21H2,1-3H3;1H/t25-,26?,27?,28-,31?;/m1./s1. The molecule has 210 valence electrons. The maximum Gasteiger partial charge on any atom is 0.320 e. The number of hydrogen-bond donors (Lipinski definition) is 0. The molecule has 3 amide bonds. The molecule has 4 heterocycles. The molecule has 2 unspecified atom stereocenters. The molecule has 1 aliphatic carbocycles. The van der Waals surface area contributed by atoms with Crippen molar-refractivity contribution in [2.24, 2.45) is 11.8 Å². The Bertz CT molecular complexity index is 983. The number of amides is 3. The number of fused-ring (bicyclic) bond motifs is 2. The van der Waals surface area contributed by atoms with Gasteiger partial charge in [0, 0.05) is 62.7 Å². The van der Waals surface area contributed by atoms with Gasteiger partial charge in [0.15, 0.2) is 0 Å². The number of carbonyl (C=O) groups excluding carboxylic acids is 2. The summed E-state index contributed by atoms with van der Waals surface area (Å²) >= 11 is 0. The van der Waals surface area contributed by atoms with Crippen LogP contribution in [0.4, 0.5) is 4.79 Å². The van der Waals surface area contributed by atoms with Gasteiger partial charge in [-0.15, -0.1) is 12.4 Å². The number of likely N-dealkylation sites (N-methyl/N-ethyl adjacent to an activating group) is 1. The third-order valence-electron chi connectivity index (χ3n) is 10.5. The van der Waals surface area contributed by atoms with Gasteiger partial charge < -0.3 is 14.7 Å². The number of urea groups is 1. The fourth-order valence-electron chi connectivity index (χ4n) is 8.92. The molecule has 6 nitrogen and oxygen atoms in total. The van der Waals surface area contributed by atoms with Gasteiger partial charge in [0.25, 0.3) is 0 Å². The summed E-state index contributed by atoms with van der Waals surface area (Å²) in [5.41, 5.74) is 1.38. The van der Waals surface area contributed by atoms with Crippen LogP contribution < -0.4 is 0 Å². The lowest BCUT2D eigenvalue weighted by Gasteiger charge is -2.50. The Hall–Kier alpha value is -1.79. The number of benzene rings is 1. The Morgan fingerprint density at radius 3 is 2.26 bits per heavy atom. The number of nitrogens with zero attached hydrogens (tertiary/aromatic N) is 4. The van der Waals surface area contributed by atoms with Crippen molar-refractivity contribution in [3.05, 3.63) is 35.9 Å². The SMILES string of the molecule is CCN1CC2(CC3CCC(C2)N3C[C@H]2CN(C(=O)C3CCCC3)C[C@@H]2c2ccccc2)N(C(C)C)C1=O.Cl. The number of halogens is 1. The van der Waals surface area contributed by atoms with Gasteiger partial charge in [-0.2, -0.15) is 0 Å². The Morgan fingerprint density at radius 2 is 1.66 bits per heavy atom. The van der Waals surface area contributed by atoms with Crippen LogP contribution in [0.2, 0.25) is 0 Å². The second kappa shape index (κ2) is 11.0. The van der Waals surface area contributed by atoms with E-state index in [1.54, 1.807) is 0 Å². The van der Waals surface area contributed by atoms with Gasteiger partial charge in [0.05, 0.1) is 5.54 Å². The van der Waals surface area contributed by atoms with E-state index in [0.717, 1.165) is 58.4 Å². The zero-order chi connectivity index (χ0) is 25.7. The third-order valence-corrected chi connectivity index (χ3v) is 10.5. The van der Waals surface area contributed by atoms with Crippen LogP contribution in [0.25, 0.3) is 0 Å². The van der Waals surface area contributed by atoms with E-state index in [-0.39, 0.29) is 35.9 Å². The molecule has 4 atom stereocenters. The second-order valence-corrected chi connectivity index (χ2v) is 13.0. The Labute approximate surface area is 235 Å². The summed E-state index contributed by atoms with van der Waals surface area (Å²) in [6.45, 7) is 11.0. The van der Waals surface area contributed by atoms with Crippen molar-refractivity contribution in [1.29, 1.82) is 0 Å². The molecule has 7 heteroatoms. The van der Waals surface area contributed by atoms with Gasteiger partial charge in [-0.3, -0.25) is 9.69 Å². The average Bonchev–Trinajstić information content (AvgIpc) is 3.66. The first-order valence-corrected chi connectivity index (χ1v) is 15.1. The molecule has 5 fully saturated rings. The first-order valence-electron chi connectivity index (χ1n) is 15.1. The van der Waals surface area contributed by atoms with Gasteiger partial charge in [0.2, 0.25) is 5.91 Å². The molecule has 6 rings (SSSR count). The van der Waals surface area contributed by atoms with Gasteiger partial charge in [-0.05, 0) is 70.8 Å². The first-order chi connectivity index (χ1) is 17.9. The number of rotatable bonds is 6. The van der Waals surface area contributed by atoms with E-state index in [9.17, 15) is 9.59 Å². The van der Waals surface area contributed by atoms with E-state index in [4.69, 9.17) is 0 Å². The van der Waals surface area contributed by atoms with Gasteiger partial charge >= 0.3 is 6.03 Å². The first kappa shape index (κ1) is 27.8. The molecule has 1 saturated carbocycles. The summed E-state index contributed by atoms with van der Waals surface area (Å²) in [6, 6.07) is 12.5. The van der Waals surface area contributed by atoms with E-state index in [0.29, 0.717) is 29.8 Å². The summed E-state index contributed by atoms with van der Waals surface area (Å²) < 4.78 is 0. The highest BCUT2D eigenvalue weighted by atomic mass is 35.5. The molecular weight excluding hydrogens is 496 g/mol. The molecule has 0 aromatic heterocycles. The van der Waals surface area contributed by atoms with Crippen LogP contribution in [0, 0.1) is 11.8 Å². The number of piperidine rings is 1. The molecule has 2 bridgehead atoms. The number of carbonyl (C=O) groups is 2. The smallest absolute Gasteiger partial charge is 0.320 e. The fourth-order valence-corrected chi connectivity index (χ4v) is 8.92. The van der Waals surface area contributed by atoms with Crippen molar-refractivity contribution in [2.75, 3.05) is 32.7 Å². The predicted molar refractivity (Wildman–Crippen MR) is 154 cm³/mol. The van der Waals surface area contributed by atoms with Crippen LogP contribution in [0.3, 0.4) is 0 Å². The quantitative estimate of drug-likeness (QED) is 0.485. The van der Waals surface area contributed by atoms with Crippen molar-refractivity contribution >= 4 is 24.3 Å². The summed E-state index contributed by atoms with van der Waals surface area (Å²) in [4.78, 5) is 36.0. The van der Waals surface area contributed by atoms with E-state index in [2.05, 4.69) is 70.7 Å². The molecule has 1 aromatic carbocycles. The highest BCUT2D eigenvalue weighted by Crippen LogP contribution is 2.48. The molecule has 38 heavy (non-hydrogen) atoms. The van der Waals surface area contributed by atoms with Crippen LogP contribution >= 0.6 is 12.4 Å². The lowest BCUT2D eigenvalue weighted by Crippen LogP contribution is -2.60. The normalized spacial score (nSPS) is 33.7. The van der Waals surface area contributed by atoms with Gasteiger partial charge in [-0.1, -0.05) is 43.2 Å². The number of likely N-dealkylation sites (tertiary alicyclic amines) is 1. The minimum absolute atomic E-state index is 0. The predicted octanol–water partition coefficient (Wildman–Crippen LogP) is 5.37. The summed E-state index contributed by atoms with van der Waals surface area (Å²) in [6.07, 6.45) is 9.25. The van der Waals surface area contributed by atoms with E-state index in [1.165, 1.54) is 31.2 Å². The fraction of sp³-hybridized carbons (Fsp3) is 0.742. The highest BCUT2D eigenvalue weighted by Gasteiger charge is 2.58. The monoisotopic (exact) mass is 542 g/mol. The number of hydrogen-bond acceptors (Lipinski definition) is 3. The minimum atomic E-state index is -0.0113. The van der Waals surface area contributed by atoms with E-state index < -0.39 is 0 Å². The molecule has 1 aromatic rings. The van der Waals surface area contributed by atoms with Gasteiger partial charge in [0.1, 0.15) is 0 Å². The van der Waals surface area contributed by atoms with Crippen LogP contribution in [0.1, 0.15) is 83.6 Å². The van der Waals surface area contributed by atoms with Gasteiger partial charge in [-0.25, -0.2) is 4.79 Å². The molecule has 5 aliphatic rings. The summed E-state index contributed by atoms with van der Waals surface area (Å²) in [5.74, 6) is 1.56. The molecule has 4 saturated heterocycles. The van der Waals surface area contributed by atoms with Crippen molar-refractivity contribution in [3.8, 4) is 0 Å². The maximum atomic E-state index is 13.4. The van der Waals surface area contributed by atoms with Crippen LogP contribution in [-0.2, 0) is 4.79 Å². The van der Waals surface area contributed by atoms with Crippen molar-refractivity contribution < 1.29 is 9.59 Å². The molecule has 0 N–H and O–H groups in total. The Kier molecular flexibility index (Phi) is 8.04. The maximum absolute atomic E-state index is 13.4. The largest absolute Gasteiger partial charge is 0.341 e. The van der Waals surface area contributed by atoms with E-state index >= 15 is 0 Å². The topological polar surface area (TPSA) is 47.1 Å². The van der Waals surface area contributed by atoms with Crippen molar-refractivity contribution in [2.45, 2.75) is 102 Å². The Morgan fingerprint density at radius 1 is 1.00 bits per heavy atom. The van der Waals surface area contributed by atoms with E-state index in [1.807, 2.05) is 0 Å². The molecule has 4 aliphatic heterocycles. The van der Waals surface area contributed by atoms with Crippen molar-refractivity contribution in [3.63, 3.8) is 0 Å². The average molecular weight is 543 g/mol. The lowest BCUT2D eigenvalue weighted by molar-refractivity contribution is -0.134.